The maximum atomic E-state index is 10.5. The number of hydrogen-bond donors (Lipinski definition) is 2. The molecule has 0 fully saturated rings. The predicted octanol–water partition coefficient (Wildman–Crippen LogP) is 2.12. The van der Waals surface area contributed by atoms with Gasteiger partial charge in [-0.25, -0.2) is 4.98 Å². The number of rotatable bonds is 6. The molecule has 0 aliphatic rings. The summed E-state index contributed by atoms with van der Waals surface area (Å²) in [5.74, 6) is 0.723. The minimum Gasteiger partial charge on any atom is -0.492 e. The van der Waals surface area contributed by atoms with Gasteiger partial charge >= 0.3 is 5.00 Å². The fraction of sp³-hybridized carbons (Fsp3) is 0.182. The second-order valence-electron chi connectivity index (χ2n) is 3.61. The minimum absolute atomic E-state index is 0.0157. The zero-order valence-corrected chi connectivity index (χ0v) is 10.7. The van der Waals surface area contributed by atoms with E-state index in [1.54, 1.807) is 24.3 Å². The molecule has 100 valence electrons. The van der Waals surface area contributed by atoms with Gasteiger partial charge in [-0.3, -0.25) is 10.1 Å². The van der Waals surface area contributed by atoms with E-state index in [0.29, 0.717) is 24.0 Å². The van der Waals surface area contributed by atoms with E-state index < -0.39 is 4.92 Å². The predicted molar refractivity (Wildman–Crippen MR) is 73.6 cm³/mol. The van der Waals surface area contributed by atoms with Crippen molar-refractivity contribution in [3.8, 4) is 5.75 Å². The van der Waals surface area contributed by atoms with Crippen LogP contribution in [-0.4, -0.2) is 23.1 Å². The first kappa shape index (κ1) is 13.1. The molecule has 0 saturated heterocycles. The maximum absolute atomic E-state index is 10.5. The average Bonchev–Trinajstić information content (AvgIpc) is 2.86. The van der Waals surface area contributed by atoms with E-state index in [1.807, 2.05) is 0 Å². The molecule has 2 rings (SSSR count). The molecule has 19 heavy (non-hydrogen) atoms. The van der Waals surface area contributed by atoms with Gasteiger partial charge in [0.25, 0.3) is 0 Å². The van der Waals surface area contributed by atoms with Crippen molar-refractivity contribution in [2.45, 2.75) is 0 Å². The van der Waals surface area contributed by atoms with E-state index in [9.17, 15) is 10.1 Å². The summed E-state index contributed by atoms with van der Waals surface area (Å²) in [4.78, 5) is 13.9. The molecule has 1 aromatic heterocycles. The first-order chi connectivity index (χ1) is 9.15. The van der Waals surface area contributed by atoms with Gasteiger partial charge in [0.2, 0.25) is 0 Å². The van der Waals surface area contributed by atoms with Crippen LogP contribution in [0.15, 0.2) is 30.5 Å². The van der Waals surface area contributed by atoms with Gasteiger partial charge in [0.15, 0.2) is 5.13 Å². The molecule has 0 aliphatic carbocycles. The summed E-state index contributed by atoms with van der Waals surface area (Å²) < 4.78 is 5.46. The lowest BCUT2D eigenvalue weighted by atomic mass is 10.3. The first-order valence-electron chi connectivity index (χ1n) is 5.47. The number of nitrogen functional groups attached to an aromatic ring is 1. The van der Waals surface area contributed by atoms with E-state index in [0.717, 1.165) is 17.1 Å². The van der Waals surface area contributed by atoms with Gasteiger partial charge < -0.3 is 15.8 Å². The van der Waals surface area contributed by atoms with E-state index in [4.69, 9.17) is 10.5 Å². The molecular formula is C11H12N4O3S. The number of ether oxygens (including phenoxy) is 1. The summed E-state index contributed by atoms with van der Waals surface area (Å²) in [7, 11) is 0. The highest BCUT2D eigenvalue weighted by atomic mass is 32.1. The van der Waals surface area contributed by atoms with Crippen molar-refractivity contribution in [3.05, 3.63) is 40.6 Å². The number of thiazole rings is 1. The highest BCUT2D eigenvalue weighted by Gasteiger charge is 2.10. The molecule has 8 heteroatoms. The SMILES string of the molecule is Nc1ccc(OCCNc2ncc([N+](=O)[O-])s2)cc1. The summed E-state index contributed by atoms with van der Waals surface area (Å²) in [6.07, 6.45) is 1.23. The number of nitro groups is 1. The summed E-state index contributed by atoms with van der Waals surface area (Å²) in [6, 6.07) is 7.08. The smallest absolute Gasteiger partial charge is 0.345 e. The number of anilines is 2. The Hall–Kier alpha value is -2.35. The average molecular weight is 280 g/mol. The van der Waals surface area contributed by atoms with Crippen molar-refractivity contribution in [2.24, 2.45) is 0 Å². The van der Waals surface area contributed by atoms with Crippen LogP contribution in [0.2, 0.25) is 0 Å². The van der Waals surface area contributed by atoms with Crippen LogP contribution in [0.1, 0.15) is 0 Å². The fourth-order valence-electron chi connectivity index (χ4n) is 1.32. The van der Waals surface area contributed by atoms with Crippen molar-refractivity contribution in [3.63, 3.8) is 0 Å². The van der Waals surface area contributed by atoms with Crippen molar-refractivity contribution in [2.75, 3.05) is 24.2 Å². The van der Waals surface area contributed by atoms with Crippen molar-refractivity contribution in [1.82, 2.24) is 4.98 Å². The molecule has 7 nitrogen and oxygen atoms in total. The molecule has 0 spiro atoms. The van der Waals surface area contributed by atoms with Crippen LogP contribution in [0.5, 0.6) is 5.75 Å². The molecule has 0 bridgehead atoms. The summed E-state index contributed by atoms with van der Waals surface area (Å²) >= 11 is 0.996. The minimum atomic E-state index is -0.465. The van der Waals surface area contributed by atoms with E-state index in [1.165, 1.54) is 6.20 Å². The lowest BCUT2D eigenvalue weighted by Crippen LogP contribution is -2.11. The summed E-state index contributed by atoms with van der Waals surface area (Å²) in [5, 5.41) is 13.9. The molecule has 0 radical (unpaired) electrons. The third kappa shape index (κ3) is 3.81. The van der Waals surface area contributed by atoms with Gasteiger partial charge in [-0.15, -0.1) is 0 Å². The molecule has 0 saturated carbocycles. The highest BCUT2D eigenvalue weighted by Crippen LogP contribution is 2.24. The zero-order valence-electron chi connectivity index (χ0n) is 9.91. The van der Waals surface area contributed by atoms with E-state index in [-0.39, 0.29) is 5.00 Å². The zero-order chi connectivity index (χ0) is 13.7. The van der Waals surface area contributed by atoms with Gasteiger partial charge in [-0.05, 0) is 35.6 Å². The number of aromatic nitrogens is 1. The van der Waals surface area contributed by atoms with Crippen molar-refractivity contribution >= 4 is 27.2 Å². The molecule has 2 aromatic rings. The van der Waals surface area contributed by atoms with Crippen molar-refractivity contribution < 1.29 is 9.66 Å². The van der Waals surface area contributed by atoms with Crippen LogP contribution in [0, 0.1) is 10.1 Å². The van der Waals surface area contributed by atoms with E-state index in [2.05, 4.69) is 10.3 Å². The monoisotopic (exact) mass is 280 g/mol. The van der Waals surface area contributed by atoms with Crippen LogP contribution in [-0.2, 0) is 0 Å². The number of nitrogens with zero attached hydrogens (tertiary/aromatic N) is 2. The molecule has 1 aromatic carbocycles. The maximum Gasteiger partial charge on any atom is 0.345 e. The Balaban J connectivity index is 1.74. The molecule has 0 atom stereocenters. The number of hydrogen-bond acceptors (Lipinski definition) is 7. The van der Waals surface area contributed by atoms with Crippen molar-refractivity contribution in [1.29, 1.82) is 0 Å². The van der Waals surface area contributed by atoms with Crippen LogP contribution in [0.25, 0.3) is 0 Å². The van der Waals surface area contributed by atoms with Gasteiger partial charge in [0.1, 0.15) is 18.6 Å². The third-order valence-corrected chi connectivity index (χ3v) is 3.11. The van der Waals surface area contributed by atoms with Crippen LogP contribution in [0.3, 0.4) is 0 Å². The molecule has 1 heterocycles. The Kier molecular flexibility index (Phi) is 4.14. The second kappa shape index (κ2) is 6.01. The van der Waals surface area contributed by atoms with Gasteiger partial charge in [0.05, 0.1) is 11.5 Å². The number of nitrogens with two attached hydrogens (primary N) is 1. The summed E-state index contributed by atoms with van der Waals surface area (Å²) in [6.45, 7) is 0.937. The van der Waals surface area contributed by atoms with Crippen LogP contribution >= 0.6 is 11.3 Å². The van der Waals surface area contributed by atoms with E-state index >= 15 is 0 Å². The first-order valence-corrected chi connectivity index (χ1v) is 6.29. The fourth-order valence-corrected chi connectivity index (χ4v) is 1.98. The quantitative estimate of drug-likeness (QED) is 0.363. The Labute approximate surface area is 113 Å². The number of benzene rings is 1. The normalized spacial score (nSPS) is 10.1. The third-order valence-electron chi connectivity index (χ3n) is 2.20. The highest BCUT2D eigenvalue weighted by molar-refractivity contribution is 7.18. The van der Waals surface area contributed by atoms with Gasteiger partial charge in [-0.1, -0.05) is 0 Å². The molecule has 3 N–H and O–H groups in total. The molecule has 0 aliphatic heterocycles. The Morgan fingerprint density at radius 2 is 2.16 bits per heavy atom. The topological polar surface area (TPSA) is 103 Å². The standard InChI is InChI=1S/C11H12N4O3S/c12-8-1-3-9(4-2-8)18-6-5-13-11-14-7-10(19-11)15(16)17/h1-4,7H,5-6,12H2,(H,13,14). The second-order valence-corrected chi connectivity index (χ2v) is 4.61. The molecular weight excluding hydrogens is 268 g/mol. The van der Waals surface area contributed by atoms with Gasteiger partial charge in [0, 0.05) is 5.69 Å². The Bertz CT molecular complexity index is 555. The summed E-state index contributed by atoms with van der Waals surface area (Å²) in [5.41, 5.74) is 6.24. The Morgan fingerprint density at radius 1 is 1.42 bits per heavy atom. The van der Waals surface area contributed by atoms with Crippen LogP contribution < -0.4 is 15.8 Å². The largest absolute Gasteiger partial charge is 0.492 e. The Morgan fingerprint density at radius 3 is 2.79 bits per heavy atom. The lowest BCUT2D eigenvalue weighted by molar-refractivity contribution is -0.380. The number of nitrogens with one attached hydrogen (secondary N) is 1. The lowest BCUT2D eigenvalue weighted by Gasteiger charge is -2.06. The molecule has 0 unspecified atom stereocenters. The molecule has 0 amide bonds. The van der Waals surface area contributed by atoms with Crippen LogP contribution in [0.4, 0.5) is 15.8 Å². The van der Waals surface area contributed by atoms with Gasteiger partial charge in [-0.2, -0.15) is 0 Å².